The highest BCUT2D eigenvalue weighted by Gasteiger charge is 2.18. The lowest BCUT2D eigenvalue weighted by atomic mass is 10.4. The number of halogens is 1. The van der Waals surface area contributed by atoms with Gasteiger partial charge >= 0.3 is 0 Å². The van der Waals surface area contributed by atoms with Crippen LogP contribution in [0, 0.1) is 0 Å². The fraction of sp³-hybridized carbons (Fsp3) is 0. The molecule has 0 spiro atoms. The molecule has 0 radical (unpaired) electrons. The number of nitrogens with one attached hydrogen (secondary N) is 1. The van der Waals surface area contributed by atoms with Gasteiger partial charge in [0.15, 0.2) is 5.03 Å². The van der Waals surface area contributed by atoms with Crippen LogP contribution in [0.2, 0.25) is 0 Å². The molecule has 2 aromatic rings. The Kier molecular flexibility index (Phi) is 2.62. The molecule has 0 aliphatic rings. The molecule has 15 heavy (non-hydrogen) atoms. The molecule has 78 valence electrons. The number of nitrogens with zero attached hydrogens (tertiary/aromatic N) is 1. The number of hydrogen-bond acceptors (Lipinski definition) is 3. The van der Waals surface area contributed by atoms with Crippen LogP contribution in [0.15, 0.2) is 50.9 Å². The van der Waals surface area contributed by atoms with Crippen molar-refractivity contribution in [1.82, 2.24) is 10.2 Å². The molecule has 6 heteroatoms. The summed E-state index contributed by atoms with van der Waals surface area (Å²) >= 11 is 3.23. The summed E-state index contributed by atoms with van der Waals surface area (Å²) in [5.41, 5.74) is 0. The van der Waals surface area contributed by atoms with Crippen molar-refractivity contribution in [1.29, 1.82) is 0 Å². The van der Waals surface area contributed by atoms with Gasteiger partial charge in [-0.25, -0.2) is 8.42 Å². The molecule has 0 saturated carbocycles. The van der Waals surface area contributed by atoms with Crippen LogP contribution in [0.1, 0.15) is 0 Å². The Morgan fingerprint density at radius 2 is 2.07 bits per heavy atom. The first kappa shape index (κ1) is 10.4. The molecule has 0 aliphatic carbocycles. The van der Waals surface area contributed by atoms with E-state index in [1.165, 1.54) is 12.3 Å². The summed E-state index contributed by atoms with van der Waals surface area (Å²) in [6.07, 6.45) is 1.41. The Labute approximate surface area is 95.4 Å². The Balaban J connectivity index is 2.57. The van der Waals surface area contributed by atoms with Crippen molar-refractivity contribution in [3.05, 3.63) is 41.0 Å². The summed E-state index contributed by atoms with van der Waals surface area (Å²) in [5.74, 6) is 0. The summed E-state index contributed by atoms with van der Waals surface area (Å²) in [4.78, 5) is 0.237. The van der Waals surface area contributed by atoms with Gasteiger partial charge in [-0.15, -0.1) is 0 Å². The number of rotatable bonds is 2. The topological polar surface area (TPSA) is 62.8 Å². The van der Waals surface area contributed by atoms with E-state index in [1.807, 2.05) is 0 Å². The average Bonchev–Trinajstić information content (AvgIpc) is 2.71. The van der Waals surface area contributed by atoms with Gasteiger partial charge in [0.25, 0.3) is 0 Å². The minimum absolute atomic E-state index is 0.0978. The van der Waals surface area contributed by atoms with Crippen LogP contribution >= 0.6 is 15.9 Å². The number of benzene rings is 1. The van der Waals surface area contributed by atoms with Crippen LogP contribution < -0.4 is 0 Å². The van der Waals surface area contributed by atoms with E-state index in [9.17, 15) is 8.42 Å². The van der Waals surface area contributed by atoms with Gasteiger partial charge in [0, 0.05) is 4.47 Å². The van der Waals surface area contributed by atoms with Crippen LogP contribution in [0.4, 0.5) is 0 Å². The predicted molar refractivity (Wildman–Crippen MR) is 58.2 cm³/mol. The Hall–Kier alpha value is -1.14. The Morgan fingerprint density at radius 1 is 1.27 bits per heavy atom. The first-order valence-corrected chi connectivity index (χ1v) is 6.38. The molecule has 0 aliphatic heterocycles. The molecule has 0 fully saturated rings. The summed E-state index contributed by atoms with van der Waals surface area (Å²) in [7, 11) is -3.47. The third kappa shape index (κ3) is 1.95. The summed E-state index contributed by atoms with van der Waals surface area (Å²) in [5, 5.41) is 6.16. The van der Waals surface area contributed by atoms with Crippen LogP contribution in [-0.2, 0) is 9.84 Å². The average molecular weight is 287 g/mol. The molecular weight excluding hydrogens is 280 g/mol. The number of aromatic nitrogens is 2. The van der Waals surface area contributed by atoms with E-state index in [0.29, 0.717) is 0 Å². The van der Waals surface area contributed by atoms with Gasteiger partial charge in [0.2, 0.25) is 9.84 Å². The zero-order chi connectivity index (χ0) is 10.9. The van der Waals surface area contributed by atoms with Crippen LogP contribution in [0.25, 0.3) is 0 Å². The van der Waals surface area contributed by atoms with Gasteiger partial charge in [0.1, 0.15) is 0 Å². The van der Waals surface area contributed by atoms with Crippen LogP contribution in [0.5, 0.6) is 0 Å². The Bertz CT molecular complexity index is 564. The molecule has 0 bridgehead atoms. The van der Waals surface area contributed by atoms with Crippen LogP contribution in [0.3, 0.4) is 0 Å². The van der Waals surface area contributed by atoms with Gasteiger partial charge in [-0.05, 0) is 24.3 Å². The van der Waals surface area contributed by atoms with E-state index in [4.69, 9.17) is 0 Å². The molecule has 1 aromatic carbocycles. The van der Waals surface area contributed by atoms with E-state index in [-0.39, 0.29) is 9.92 Å². The second-order valence-electron chi connectivity index (χ2n) is 2.88. The number of hydrogen-bond donors (Lipinski definition) is 1. The molecule has 0 atom stereocenters. The third-order valence-corrected chi connectivity index (χ3v) is 4.05. The van der Waals surface area contributed by atoms with Gasteiger partial charge in [0.05, 0.1) is 11.1 Å². The smallest absolute Gasteiger partial charge is 0.223 e. The highest BCUT2D eigenvalue weighted by atomic mass is 79.9. The summed E-state index contributed by atoms with van der Waals surface area (Å²) < 4.78 is 24.6. The largest absolute Gasteiger partial charge is 0.267 e. The lowest BCUT2D eigenvalue weighted by molar-refractivity contribution is 0.592. The normalized spacial score (nSPS) is 11.5. The minimum atomic E-state index is -3.47. The number of sulfone groups is 1. The second-order valence-corrected chi connectivity index (χ2v) is 5.72. The van der Waals surface area contributed by atoms with Gasteiger partial charge in [-0.3, -0.25) is 5.10 Å². The quantitative estimate of drug-likeness (QED) is 0.919. The third-order valence-electron chi connectivity index (χ3n) is 1.87. The monoisotopic (exact) mass is 286 g/mol. The van der Waals surface area contributed by atoms with Crippen molar-refractivity contribution in [3.63, 3.8) is 0 Å². The standard InChI is InChI=1S/C9H7BrN2O2S/c10-7-2-1-3-8(6-7)15(13,14)9-4-5-11-12-9/h1-6H,(H,11,12). The van der Waals surface area contributed by atoms with Crippen molar-refractivity contribution in [2.75, 3.05) is 0 Å². The maximum absolute atomic E-state index is 12.0. The SMILES string of the molecule is O=S(=O)(c1cccc(Br)c1)c1ccn[nH]1. The highest BCUT2D eigenvalue weighted by molar-refractivity contribution is 9.10. The molecule has 0 amide bonds. The summed E-state index contributed by atoms with van der Waals surface area (Å²) in [6, 6.07) is 7.96. The maximum Gasteiger partial charge on any atom is 0.223 e. The minimum Gasteiger partial charge on any atom is -0.267 e. The molecule has 1 aromatic heterocycles. The van der Waals surface area contributed by atoms with Crippen molar-refractivity contribution >= 4 is 25.8 Å². The van der Waals surface area contributed by atoms with Crippen LogP contribution in [-0.4, -0.2) is 18.6 Å². The second kappa shape index (κ2) is 3.79. The molecule has 4 nitrogen and oxygen atoms in total. The van der Waals surface area contributed by atoms with Crippen molar-refractivity contribution < 1.29 is 8.42 Å². The molecular formula is C9H7BrN2O2S. The number of aromatic amines is 1. The lowest BCUT2D eigenvalue weighted by Gasteiger charge is -2.01. The zero-order valence-electron chi connectivity index (χ0n) is 7.51. The first-order valence-electron chi connectivity index (χ1n) is 4.11. The van der Waals surface area contributed by atoms with Crippen molar-refractivity contribution in [3.8, 4) is 0 Å². The first-order chi connectivity index (χ1) is 7.10. The fourth-order valence-electron chi connectivity index (χ4n) is 1.15. The molecule has 1 N–H and O–H groups in total. The van der Waals surface area contributed by atoms with E-state index in [0.717, 1.165) is 4.47 Å². The molecule has 0 unspecified atom stereocenters. The predicted octanol–water partition coefficient (Wildman–Crippen LogP) is 2.00. The van der Waals surface area contributed by atoms with E-state index in [1.54, 1.807) is 24.3 Å². The highest BCUT2D eigenvalue weighted by Crippen LogP contribution is 2.21. The van der Waals surface area contributed by atoms with E-state index < -0.39 is 9.84 Å². The van der Waals surface area contributed by atoms with Crippen molar-refractivity contribution in [2.45, 2.75) is 9.92 Å². The molecule has 1 heterocycles. The fourth-order valence-corrected chi connectivity index (χ4v) is 2.91. The summed E-state index contributed by atoms with van der Waals surface area (Å²) in [6.45, 7) is 0. The van der Waals surface area contributed by atoms with Gasteiger partial charge in [-0.1, -0.05) is 22.0 Å². The zero-order valence-corrected chi connectivity index (χ0v) is 9.92. The van der Waals surface area contributed by atoms with E-state index in [2.05, 4.69) is 26.1 Å². The Morgan fingerprint density at radius 3 is 2.67 bits per heavy atom. The van der Waals surface area contributed by atoms with Crippen molar-refractivity contribution in [2.24, 2.45) is 0 Å². The van der Waals surface area contributed by atoms with Gasteiger partial charge in [-0.2, -0.15) is 5.10 Å². The number of H-pyrrole nitrogens is 1. The van der Waals surface area contributed by atoms with Gasteiger partial charge < -0.3 is 0 Å². The maximum atomic E-state index is 12.0. The van der Waals surface area contributed by atoms with E-state index >= 15 is 0 Å². The molecule has 0 saturated heterocycles. The lowest BCUT2D eigenvalue weighted by Crippen LogP contribution is -2.02. The molecule has 2 rings (SSSR count).